The average molecular weight is 626 g/mol. The highest BCUT2D eigenvalue weighted by atomic mass is 16.7. The lowest BCUT2D eigenvalue weighted by atomic mass is 9.71. The Balaban J connectivity index is 1.54. The van der Waals surface area contributed by atoms with E-state index in [0.29, 0.717) is 35.6 Å². The summed E-state index contributed by atoms with van der Waals surface area (Å²) in [6.07, 6.45) is 10.8. The zero-order valence-corrected chi connectivity index (χ0v) is 27.7. The van der Waals surface area contributed by atoms with Gasteiger partial charge in [-0.15, -0.1) is 0 Å². The summed E-state index contributed by atoms with van der Waals surface area (Å²) >= 11 is 0. The number of oxime groups is 1. The number of carbonyl (C=O) groups excluding carboxylic acids is 1. The molecule has 3 fully saturated rings. The van der Waals surface area contributed by atoms with E-state index in [1.807, 2.05) is 26.0 Å². The molecule has 0 radical (unpaired) electrons. The summed E-state index contributed by atoms with van der Waals surface area (Å²) in [6.45, 7) is 14.3. The third-order valence-corrected chi connectivity index (χ3v) is 10.1. The van der Waals surface area contributed by atoms with Gasteiger partial charge in [0, 0.05) is 25.2 Å². The van der Waals surface area contributed by atoms with Gasteiger partial charge in [-0.1, -0.05) is 74.9 Å². The van der Waals surface area contributed by atoms with Crippen molar-refractivity contribution < 1.29 is 39.2 Å². The number of carbonyl (C=O) groups is 1. The molecule has 5 aliphatic rings. The summed E-state index contributed by atoms with van der Waals surface area (Å²) < 4.78 is 25.8. The number of hydrogen-bond acceptors (Lipinski definition) is 9. The Morgan fingerprint density at radius 3 is 2.64 bits per heavy atom. The third-order valence-electron chi connectivity index (χ3n) is 10.1. The molecule has 3 saturated heterocycles. The van der Waals surface area contributed by atoms with Crippen LogP contribution in [0.25, 0.3) is 0 Å². The molecular weight excluding hydrogens is 574 g/mol. The largest absolute Gasteiger partial charge is 0.462 e. The van der Waals surface area contributed by atoms with Gasteiger partial charge in [0.25, 0.3) is 0 Å². The summed E-state index contributed by atoms with van der Waals surface area (Å²) in [5, 5.41) is 36.8. The molecular formula is C36H51NO8. The van der Waals surface area contributed by atoms with Crippen molar-refractivity contribution >= 4 is 11.7 Å². The Morgan fingerprint density at radius 1 is 1.18 bits per heavy atom. The molecule has 10 atom stereocenters. The van der Waals surface area contributed by atoms with Crippen LogP contribution in [0.15, 0.2) is 63.9 Å². The van der Waals surface area contributed by atoms with Crippen LogP contribution in [0, 0.1) is 23.7 Å². The summed E-state index contributed by atoms with van der Waals surface area (Å²) in [5.41, 5.74) is 2.15. The van der Waals surface area contributed by atoms with Crippen molar-refractivity contribution in [1.29, 1.82) is 0 Å². The molecule has 2 unspecified atom stereocenters. The smallest absolute Gasteiger partial charge is 0.316 e. The van der Waals surface area contributed by atoms with Crippen LogP contribution in [0.2, 0.25) is 0 Å². The molecule has 0 aromatic carbocycles. The Kier molecular flexibility index (Phi) is 9.97. The van der Waals surface area contributed by atoms with E-state index in [4.69, 9.17) is 18.9 Å². The number of esters is 1. The van der Waals surface area contributed by atoms with E-state index in [2.05, 4.69) is 51.1 Å². The fourth-order valence-electron chi connectivity index (χ4n) is 7.83. The van der Waals surface area contributed by atoms with E-state index in [1.165, 1.54) is 5.57 Å². The molecule has 0 aromatic rings. The lowest BCUT2D eigenvalue weighted by Crippen LogP contribution is -2.59. The van der Waals surface area contributed by atoms with Gasteiger partial charge in [-0.2, -0.15) is 0 Å². The fraction of sp³-hybridized carbons (Fsp3) is 0.667. The van der Waals surface area contributed by atoms with Crippen LogP contribution in [0.3, 0.4) is 0 Å². The van der Waals surface area contributed by atoms with Crippen molar-refractivity contribution in [2.45, 2.75) is 122 Å². The Morgan fingerprint density at radius 2 is 1.93 bits per heavy atom. The lowest BCUT2D eigenvalue weighted by Gasteiger charge is -2.50. The average Bonchev–Trinajstić information content (AvgIpc) is 3.30. The summed E-state index contributed by atoms with van der Waals surface area (Å²) in [4.78, 5) is 14.1. The van der Waals surface area contributed by atoms with Gasteiger partial charge in [-0.25, -0.2) is 0 Å². The standard InChI is InChI=1S/C36H51NO8/c1-20(2)13-24(6)32-25(7)30(37-41)18-35(45-32)17-28-16-27(44-35)12-11-22(4)14-21(3)9-8-10-26-19-42-33-31(38)23(5)15-29(34(39)43-28)36(26,33)40/h8-11,13,15,20-21,25,27-29,31-33,38,40-41H,12,14,16-19H2,1-7H3/b9-8+,22-11+,24-13+,26-10+,37-30+/t21-,25-,27+,28-,29?,31?,32+,33+,35-,36+/m0/s1. The second-order valence-corrected chi connectivity index (χ2v) is 14.3. The van der Waals surface area contributed by atoms with Crippen LogP contribution in [0.5, 0.6) is 0 Å². The summed E-state index contributed by atoms with van der Waals surface area (Å²) in [5.74, 6) is -2.45. The molecule has 4 aliphatic heterocycles. The maximum absolute atomic E-state index is 14.1. The monoisotopic (exact) mass is 625 g/mol. The number of ether oxygens (including phenoxy) is 4. The lowest BCUT2D eigenvalue weighted by molar-refractivity contribution is -0.313. The predicted molar refractivity (Wildman–Crippen MR) is 171 cm³/mol. The maximum Gasteiger partial charge on any atom is 0.316 e. The van der Waals surface area contributed by atoms with Crippen molar-refractivity contribution in [2.24, 2.45) is 28.8 Å². The molecule has 4 heterocycles. The van der Waals surface area contributed by atoms with E-state index in [0.717, 1.165) is 12.0 Å². The molecule has 45 heavy (non-hydrogen) atoms. The van der Waals surface area contributed by atoms with Crippen molar-refractivity contribution in [3.05, 3.63) is 58.7 Å². The fourth-order valence-corrected chi connectivity index (χ4v) is 7.83. The van der Waals surface area contributed by atoms with Crippen molar-refractivity contribution in [1.82, 2.24) is 0 Å². The number of nitrogens with zero attached hydrogens (tertiary/aromatic N) is 1. The van der Waals surface area contributed by atoms with E-state index in [1.54, 1.807) is 13.0 Å². The van der Waals surface area contributed by atoms with Gasteiger partial charge in [0.05, 0.1) is 24.5 Å². The number of aliphatic hydroxyl groups is 2. The number of allylic oxidation sites excluding steroid dienone is 5. The topological polar surface area (TPSA) is 127 Å². The molecule has 248 valence electrons. The number of aliphatic hydroxyl groups excluding tert-OH is 1. The van der Waals surface area contributed by atoms with Crippen LogP contribution in [-0.2, 0) is 23.7 Å². The maximum atomic E-state index is 14.1. The molecule has 9 nitrogen and oxygen atoms in total. The molecule has 5 rings (SSSR count). The summed E-state index contributed by atoms with van der Waals surface area (Å²) in [7, 11) is 0. The molecule has 0 saturated carbocycles. The minimum absolute atomic E-state index is 0.100. The second-order valence-electron chi connectivity index (χ2n) is 14.3. The quantitative estimate of drug-likeness (QED) is 0.158. The molecule has 1 spiro atoms. The third kappa shape index (κ3) is 6.79. The van der Waals surface area contributed by atoms with Gasteiger partial charge < -0.3 is 34.4 Å². The minimum Gasteiger partial charge on any atom is -0.462 e. The molecule has 9 heteroatoms. The predicted octanol–water partition coefficient (Wildman–Crippen LogP) is 5.56. The van der Waals surface area contributed by atoms with Gasteiger partial charge in [0.15, 0.2) is 5.79 Å². The SMILES string of the molecule is CC1=CC2C(=O)O[C@H]3C[C@@H](C/C=C(\C)C[C@@H](C)/C=C/C=C4\CO[C@H](C1O)[C@@]42O)O[C@@]1(C/C(=N\O)[C@H](C)[C@@H](/C(C)=C/C(C)C)O1)C3. The first kappa shape index (κ1) is 33.8. The highest BCUT2D eigenvalue weighted by molar-refractivity contribution is 5.88. The van der Waals surface area contributed by atoms with Crippen LogP contribution in [-0.4, -0.2) is 75.6 Å². The van der Waals surface area contributed by atoms with E-state index in [-0.39, 0.29) is 43.5 Å². The van der Waals surface area contributed by atoms with Crippen LogP contribution in [0.4, 0.5) is 0 Å². The Labute approximate surface area is 267 Å². The highest BCUT2D eigenvalue weighted by Crippen LogP contribution is 2.47. The van der Waals surface area contributed by atoms with E-state index < -0.39 is 41.6 Å². The van der Waals surface area contributed by atoms with Gasteiger partial charge in [-0.3, -0.25) is 4.79 Å². The zero-order chi connectivity index (χ0) is 32.7. The molecule has 1 aliphatic carbocycles. The molecule has 0 amide bonds. The molecule has 0 aromatic heterocycles. The first-order chi connectivity index (χ1) is 21.3. The summed E-state index contributed by atoms with van der Waals surface area (Å²) in [6, 6.07) is 0. The van der Waals surface area contributed by atoms with E-state index >= 15 is 0 Å². The van der Waals surface area contributed by atoms with Crippen LogP contribution >= 0.6 is 0 Å². The zero-order valence-electron chi connectivity index (χ0n) is 27.7. The Hall–Kier alpha value is -2.56. The first-order valence-electron chi connectivity index (χ1n) is 16.5. The number of rotatable bonds is 2. The van der Waals surface area contributed by atoms with E-state index in [9.17, 15) is 20.2 Å². The minimum atomic E-state index is -1.75. The van der Waals surface area contributed by atoms with Gasteiger partial charge in [-0.05, 0) is 62.2 Å². The van der Waals surface area contributed by atoms with Crippen molar-refractivity contribution in [3.63, 3.8) is 0 Å². The normalized spacial score (nSPS) is 45.3. The highest BCUT2D eigenvalue weighted by Gasteiger charge is 2.60. The molecule has 2 bridgehead atoms. The Bertz CT molecular complexity index is 1330. The van der Waals surface area contributed by atoms with Gasteiger partial charge in [0.1, 0.15) is 29.8 Å². The first-order valence-corrected chi connectivity index (χ1v) is 16.5. The van der Waals surface area contributed by atoms with Gasteiger partial charge in [0.2, 0.25) is 0 Å². The van der Waals surface area contributed by atoms with Crippen molar-refractivity contribution in [2.75, 3.05) is 6.61 Å². The van der Waals surface area contributed by atoms with Crippen LogP contribution in [0.1, 0.15) is 80.6 Å². The molecule has 3 N–H and O–H groups in total. The number of fused-ring (bicyclic) bond motifs is 2. The number of hydrogen-bond donors (Lipinski definition) is 3. The van der Waals surface area contributed by atoms with Gasteiger partial charge >= 0.3 is 5.97 Å². The van der Waals surface area contributed by atoms with Crippen molar-refractivity contribution in [3.8, 4) is 0 Å². The second kappa shape index (κ2) is 13.3. The van der Waals surface area contributed by atoms with Crippen LogP contribution < -0.4 is 0 Å².